The van der Waals surface area contributed by atoms with Crippen LogP contribution in [0.15, 0.2) is 12.1 Å². The predicted molar refractivity (Wildman–Crippen MR) is 83.4 cm³/mol. The van der Waals surface area contributed by atoms with E-state index >= 15 is 0 Å². The molecule has 0 heterocycles. The maximum atomic E-state index is 5.55. The van der Waals surface area contributed by atoms with Gasteiger partial charge in [-0.05, 0) is 55.5 Å². The van der Waals surface area contributed by atoms with Crippen LogP contribution in [0.4, 0.5) is 5.69 Å². The average Bonchev–Trinajstić information content (AvgIpc) is 2.37. The quantitative estimate of drug-likeness (QED) is 0.768. The van der Waals surface area contributed by atoms with E-state index in [0.29, 0.717) is 5.92 Å². The summed E-state index contributed by atoms with van der Waals surface area (Å²) in [5, 5.41) is 0. The van der Waals surface area contributed by atoms with Crippen LogP contribution in [0.1, 0.15) is 43.7 Å². The SMILES string of the molecule is COc1cc(C)c(N(C)CCCCN)cc1C(C)C. The summed E-state index contributed by atoms with van der Waals surface area (Å²) < 4.78 is 5.49. The van der Waals surface area contributed by atoms with Gasteiger partial charge in [-0.2, -0.15) is 0 Å². The van der Waals surface area contributed by atoms with E-state index in [1.165, 1.54) is 16.8 Å². The van der Waals surface area contributed by atoms with Gasteiger partial charge in [0.05, 0.1) is 7.11 Å². The topological polar surface area (TPSA) is 38.5 Å². The monoisotopic (exact) mass is 264 g/mol. The molecule has 0 saturated carbocycles. The minimum Gasteiger partial charge on any atom is -0.496 e. The molecule has 3 heteroatoms. The molecule has 0 radical (unpaired) electrons. The molecule has 0 fully saturated rings. The van der Waals surface area contributed by atoms with Crippen molar-refractivity contribution in [2.24, 2.45) is 5.73 Å². The van der Waals surface area contributed by atoms with Gasteiger partial charge < -0.3 is 15.4 Å². The lowest BCUT2D eigenvalue weighted by Crippen LogP contribution is -2.20. The third kappa shape index (κ3) is 4.13. The molecule has 0 amide bonds. The van der Waals surface area contributed by atoms with Crippen LogP contribution in [-0.4, -0.2) is 27.2 Å². The molecule has 0 bridgehead atoms. The molecule has 0 aliphatic heterocycles. The Hall–Kier alpha value is -1.22. The fraction of sp³-hybridized carbons (Fsp3) is 0.625. The number of aryl methyl sites for hydroxylation is 1. The van der Waals surface area contributed by atoms with Gasteiger partial charge in [-0.1, -0.05) is 13.8 Å². The van der Waals surface area contributed by atoms with Crippen LogP contribution >= 0.6 is 0 Å². The number of nitrogens with zero attached hydrogens (tertiary/aromatic N) is 1. The van der Waals surface area contributed by atoms with E-state index in [-0.39, 0.29) is 0 Å². The molecule has 1 rings (SSSR count). The number of anilines is 1. The first-order chi connectivity index (χ1) is 9.01. The van der Waals surface area contributed by atoms with Crippen molar-refractivity contribution in [3.05, 3.63) is 23.3 Å². The summed E-state index contributed by atoms with van der Waals surface area (Å²) in [6, 6.07) is 4.41. The number of hydrogen-bond donors (Lipinski definition) is 1. The summed E-state index contributed by atoms with van der Waals surface area (Å²) >= 11 is 0. The Morgan fingerprint density at radius 3 is 2.47 bits per heavy atom. The van der Waals surface area contributed by atoms with Gasteiger partial charge in [0.1, 0.15) is 5.75 Å². The maximum Gasteiger partial charge on any atom is 0.122 e. The summed E-state index contributed by atoms with van der Waals surface area (Å²) in [5.41, 5.74) is 9.38. The normalized spacial score (nSPS) is 10.9. The lowest BCUT2D eigenvalue weighted by Gasteiger charge is -2.24. The van der Waals surface area contributed by atoms with Crippen LogP contribution in [0.3, 0.4) is 0 Å². The number of rotatable bonds is 7. The molecular weight excluding hydrogens is 236 g/mol. The zero-order chi connectivity index (χ0) is 14.4. The van der Waals surface area contributed by atoms with Gasteiger partial charge in [-0.15, -0.1) is 0 Å². The number of unbranched alkanes of at least 4 members (excludes halogenated alkanes) is 1. The van der Waals surface area contributed by atoms with E-state index < -0.39 is 0 Å². The highest BCUT2D eigenvalue weighted by Crippen LogP contribution is 2.33. The zero-order valence-corrected chi connectivity index (χ0v) is 13.0. The van der Waals surface area contributed by atoms with E-state index in [9.17, 15) is 0 Å². The van der Waals surface area contributed by atoms with Crippen LogP contribution in [0, 0.1) is 6.92 Å². The summed E-state index contributed by atoms with van der Waals surface area (Å²) in [7, 11) is 3.89. The number of nitrogens with two attached hydrogens (primary N) is 1. The van der Waals surface area contributed by atoms with Gasteiger partial charge in [0, 0.05) is 19.3 Å². The summed E-state index contributed by atoms with van der Waals surface area (Å²) in [4.78, 5) is 2.32. The van der Waals surface area contributed by atoms with E-state index in [1.807, 2.05) is 0 Å². The second kappa shape index (κ2) is 7.39. The minimum absolute atomic E-state index is 0.465. The van der Waals surface area contributed by atoms with E-state index in [0.717, 1.165) is 31.7 Å². The van der Waals surface area contributed by atoms with E-state index in [1.54, 1.807) is 7.11 Å². The lowest BCUT2D eigenvalue weighted by atomic mass is 9.98. The van der Waals surface area contributed by atoms with Crippen molar-refractivity contribution in [1.29, 1.82) is 0 Å². The van der Waals surface area contributed by atoms with Gasteiger partial charge in [0.25, 0.3) is 0 Å². The van der Waals surface area contributed by atoms with Crippen molar-refractivity contribution in [3.8, 4) is 5.75 Å². The first-order valence-electron chi connectivity index (χ1n) is 7.11. The van der Waals surface area contributed by atoms with Crippen molar-refractivity contribution in [2.45, 2.75) is 39.5 Å². The molecule has 1 aromatic rings. The molecule has 0 saturated heterocycles. The number of hydrogen-bond acceptors (Lipinski definition) is 3. The van der Waals surface area contributed by atoms with Crippen molar-refractivity contribution in [2.75, 3.05) is 32.1 Å². The molecular formula is C16H28N2O. The molecule has 108 valence electrons. The van der Waals surface area contributed by atoms with Crippen LogP contribution in [-0.2, 0) is 0 Å². The second-order valence-corrected chi connectivity index (χ2v) is 5.45. The Bertz CT molecular complexity index is 402. The van der Waals surface area contributed by atoms with Gasteiger partial charge in [0.2, 0.25) is 0 Å². The Balaban J connectivity index is 2.97. The molecule has 0 aliphatic rings. The summed E-state index contributed by atoms with van der Waals surface area (Å²) in [6.07, 6.45) is 2.21. The summed E-state index contributed by atoms with van der Waals surface area (Å²) in [5.74, 6) is 1.46. The average molecular weight is 264 g/mol. The molecule has 19 heavy (non-hydrogen) atoms. The molecule has 1 aromatic carbocycles. The Morgan fingerprint density at radius 1 is 1.26 bits per heavy atom. The Labute approximate surface area is 117 Å². The molecule has 3 nitrogen and oxygen atoms in total. The maximum absolute atomic E-state index is 5.55. The van der Waals surface area contributed by atoms with Crippen molar-refractivity contribution in [3.63, 3.8) is 0 Å². The third-order valence-corrected chi connectivity index (χ3v) is 3.53. The summed E-state index contributed by atoms with van der Waals surface area (Å²) in [6.45, 7) is 8.35. The van der Waals surface area contributed by atoms with Crippen LogP contribution in [0.25, 0.3) is 0 Å². The van der Waals surface area contributed by atoms with Gasteiger partial charge >= 0.3 is 0 Å². The molecule has 0 atom stereocenters. The fourth-order valence-electron chi connectivity index (χ4n) is 2.34. The first-order valence-corrected chi connectivity index (χ1v) is 7.11. The highest BCUT2D eigenvalue weighted by atomic mass is 16.5. The van der Waals surface area contributed by atoms with Crippen molar-refractivity contribution in [1.82, 2.24) is 0 Å². The third-order valence-electron chi connectivity index (χ3n) is 3.53. The second-order valence-electron chi connectivity index (χ2n) is 5.45. The highest BCUT2D eigenvalue weighted by molar-refractivity contribution is 5.59. The van der Waals surface area contributed by atoms with E-state index in [4.69, 9.17) is 10.5 Å². The minimum atomic E-state index is 0.465. The molecule has 0 aromatic heterocycles. The van der Waals surface area contributed by atoms with Crippen molar-refractivity contribution >= 4 is 5.69 Å². The van der Waals surface area contributed by atoms with Crippen LogP contribution in [0.5, 0.6) is 5.75 Å². The molecule has 0 aliphatic carbocycles. The highest BCUT2D eigenvalue weighted by Gasteiger charge is 2.13. The largest absolute Gasteiger partial charge is 0.496 e. The van der Waals surface area contributed by atoms with Gasteiger partial charge in [-0.3, -0.25) is 0 Å². The first kappa shape index (κ1) is 15.8. The number of methoxy groups -OCH3 is 1. The number of benzene rings is 1. The van der Waals surface area contributed by atoms with Crippen LogP contribution < -0.4 is 15.4 Å². The van der Waals surface area contributed by atoms with Gasteiger partial charge in [-0.25, -0.2) is 0 Å². The predicted octanol–water partition coefficient (Wildman–Crippen LogP) is 3.30. The van der Waals surface area contributed by atoms with Gasteiger partial charge in [0.15, 0.2) is 0 Å². The zero-order valence-electron chi connectivity index (χ0n) is 13.0. The van der Waals surface area contributed by atoms with E-state index in [2.05, 4.69) is 44.9 Å². The lowest BCUT2D eigenvalue weighted by molar-refractivity contribution is 0.407. The number of ether oxygens (including phenoxy) is 1. The molecule has 2 N–H and O–H groups in total. The van der Waals surface area contributed by atoms with Crippen molar-refractivity contribution < 1.29 is 4.74 Å². The molecule has 0 unspecified atom stereocenters. The smallest absolute Gasteiger partial charge is 0.122 e. The molecule has 0 spiro atoms. The standard InChI is InChI=1S/C16H28N2O/c1-12(2)14-11-15(13(3)10-16(14)19-5)18(4)9-7-6-8-17/h10-12H,6-9,17H2,1-5H3. The Morgan fingerprint density at radius 2 is 1.95 bits per heavy atom. The van der Waals surface area contributed by atoms with Crippen LogP contribution in [0.2, 0.25) is 0 Å². The fourth-order valence-corrected chi connectivity index (χ4v) is 2.34. The Kier molecular flexibility index (Phi) is 6.16.